The van der Waals surface area contributed by atoms with Gasteiger partial charge in [0.1, 0.15) is 0 Å². The van der Waals surface area contributed by atoms with Crippen LogP contribution in [0.2, 0.25) is 0 Å². The lowest BCUT2D eigenvalue weighted by atomic mass is 10.1. The highest BCUT2D eigenvalue weighted by Gasteiger charge is 2.11. The van der Waals surface area contributed by atoms with Crippen LogP contribution in [0.15, 0.2) is 42.6 Å². The van der Waals surface area contributed by atoms with Crippen LogP contribution in [-0.4, -0.2) is 23.9 Å². The van der Waals surface area contributed by atoms with E-state index in [2.05, 4.69) is 60.6 Å². The van der Waals surface area contributed by atoms with Crippen molar-refractivity contribution in [3.05, 3.63) is 53.7 Å². The van der Waals surface area contributed by atoms with Crippen LogP contribution in [0.25, 0.3) is 10.9 Å². The highest BCUT2D eigenvalue weighted by molar-refractivity contribution is 5.78. The molecule has 138 valence electrons. The minimum atomic E-state index is 0.195. The maximum absolute atomic E-state index is 5.83. The number of aromatic nitrogens is 2. The average Bonchev–Trinajstić information content (AvgIpc) is 3.12. The number of hydrogen-bond donors (Lipinski definition) is 2. The molecule has 0 aliphatic rings. The summed E-state index contributed by atoms with van der Waals surface area (Å²) in [5.74, 6) is 2.05. The Hall–Kier alpha value is -2.53. The van der Waals surface area contributed by atoms with Gasteiger partial charge in [-0.3, -0.25) is 5.10 Å². The van der Waals surface area contributed by atoms with Gasteiger partial charge in [0.2, 0.25) is 0 Å². The topological polar surface area (TPSA) is 59.2 Å². The molecule has 0 amide bonds. The van der Waals surface area contributed by atoms with Gasteiger partial charge >= 0.3 is 0 Å². The SMILES string of the molecule is COc1cc(C(C)NCc2ccc3cn[nH]c3c2)ccc1OCC(C)C. The number of hydrogen-bond acceptors (Lipinski definition) is 4. The van der Waals surface area contributed by atoms with Gasteiger partial charge in [-0.1, -0.05) is 32.0 Å². The summed E-state index contributed by atoms with van der Waals surface area (Å²) in [6.07, 6.45) is 1.84. The second-order valence-corrected chi connectivity index (χ2v) is 7.01. The van der Waals surface area contributed by atoms with Gasteiger partial charge in [0.25, 0.3) is 0 Å². The largest absolute Gasteiger partial charge is 0.493 e. The summed E-state index contributed by atoms with van der Waals surface area (Å²) in [6, 6.07) is 12.7. The third-order valence-corrected chi connectivity index (χ3v) is 4.38. The van der Waals surface area contributed by atoms with Crippen molar-refractivity contribution in [2.45, 2.75) is 33.4 Å². The summed E-state index contributed by atoms with van der Waals surface area (Å²) in [5.41, 5.74) is 3.45. The third kappa shape index (κ3) is 4.35. The van der Waals surface area contributed by atoms with E-state index in [4.69, 9.17) is 9.47 Å². The molecule has 1 heterocycles. The van der Waals surface area contributed by atoms with Crippen molar-refractivity contribution in [1.29, 1.82) is 0 Å². The van der Waals surface area contributed by atoms with Crippen molar-refractivity contribution in [1.82, 2.24) is 15.5 Å². The number of nitrogens with zero attached hydrogens (tertiary/aromatic N) is 1. The van der Waals surface area contributed by atoms with Gasteiger partial charge in [-0.05, 0) is 42.2 Å². The number of aromatic amines is 1. The molecule has 5 nitrogen and oxygen atoms in total. The molecule has 0 bridgehead atoms. The molecule has 0 aliphatic heterocycles. The van der Waals surface area contributed by atoms with Crippen molar-refractivity contribution in [3.63, 3.8) is 0 Å². The van der Waals surface area contributed by atoms with E-state index in [1.807, 2.05) is 18.3 Å². The molecule has 0 spiro atoms. The van der Waals surface area contributed by atoms with E-state index in [1.54, 1.807) is 7.11 Å². The number of rotatable bonds is 8. The van der Waals surface area contributed by atoms with Crippen molar-refractivity contribution >= 4 is 10.9 Å². The number of H-pyrrole nitrogens is 1. The van der Waals surface area contributed by atoms with Crippen molar-refractivity contribution in [3.8, 4) is 11.5 Å². The summed E-state index contributed by atoms with van der Waals surface area (Å²) in [5, 5.41) is 11.8. The van der Waals surface area contributed by atoms with Crippen LogP contribution in [0.5, 0.6) is 11.5 Å². The molecule has 5 heteroatoms. The predicted molar refractivity (Wildman–Crippen MR) is 105 cm³/mol. The average molecular weight is 353 g/mol. The molecule has 2 aromatic carbocycles. The van der Waals surface area contributed by atoms with E-state index < -0.39 is 0 Å². The fourth-order valence-corrected chi connectivity index (χ4v) is 2.81. The Labute approximate surface area is 154 Å². The standard InChI is InChI=1S/C21H27N3O2/c1-14(2)13-26-20-8-7-17(10-21(20)25-4)15(3)22-11-16-5-6-18-12-23-24-19(18)9-16/h5-10,12,14-15,22H,11,13H2,1-4H3,(H,23,24). The van der Waals surface area contributed by atoms with Gasteiger partial charge in [-0.2, -0.15) is 5.10 Å². The first-order valence-corrected chi connectivity index (χ1v) is 9.03. The third-order valence-electron chi connectivity index (χ3n) is 4.38. The van der Waals surface area contributed by atoms with E-state index in [9.17, 15) is 0 Å². The number of methoxy groups -OCH3 is 1. The lowest BCUT2D eigenvalue weighted by molar-refractivity contribution is 0.256. The van der Waals surface area contributed by atoms with Crippen LogP contribution in [0.4, 0.5) is 0 Å². The maximum atomic E-state index is 5.83. The Morgan fingerprint density at radius 2 is 1.92 bits per heavy atom. The van der Waals surface area contributed by atoms with E-state index in [0.717, 1.165) is 28.9 Å². The van der Waals surface area contributed by atoms with Gasteiger partial charge in [-0.15, -0.1) is 0 Å². The van der Waals surface area contributed by atoms with Gasteiger partial charge in [0, 0.05) is 18.0 Å². The second-order valence-electron chi connectivity index (χ2n) is 7.01. The Kier molecular flexibility index (Phi) is 5.78. The Balaban J connectivity index is 1.65. The first-order valence-electron chi connectivity index (χ1n) is 9.03. The molecule has 0 saturated carbocycles. The number of ether oxygens (including phenoxy) is 2. The maximum Gasteiger partial charge on any atom is 0.161 e. The second kappa shape index (κ2) is 8.23. The summed E-state index contributed by atoms with van der Waals surface area (Å²) in [6.45, 7) is 7.88. The minimum absolute atomic E-state index is 0.195. The highest BCUT2D eigenvalue weighted by Crippen LogP contribution is 2.30. The summed E-state index contributed by atoms with van der Waals surface area (Å²) >= 11 is 0. The molecule has 1 atom stereocenters. The monoisotopic (exact) mass is 353 g/mol. The van der Waals surface area contributed by atoms with Gasteiger partial charge < -0.3 is 14.8 Å². The summed E-state index contributed by atoms with van der Waals surface area (Å²) < 4.78 is 11.3. The van der Waals surface area contributed by atoms with E-state index >= 15 is 0 Å². The molecular formula is C21H27N3O2. The summed E-state index contributed by atoms with van der Waals surface area (Å²) in [7, 11) is 1.68. The molecule has 3 aromatic rings. The fraction of sp³-hybridized carbons (Fsp3) is 0.381. The summed E-state index contributed by atoms with van der Waals surface area (Å²) in [4.78, 5) is 0. The Morgan fingerprint density at radius 1 is 1.08 bits per heavy atom. The normalized spacial score (nSPS) is 12.5. The minimum Gasteiger partial charge on any atom is -0.493 e. The number of fused-ring (bicyclic) bond motifs is 1. The Morgan fingerprint density at radius 3 is 2.69 bits per heavy atom. The van der Waals surface area contributed by atoms with Crippen molar-refractivity contribution in [2.75, 3.05) is 13.7 Å². The van der Waals surface area contributed by atoms with Gasteiger partial charge in [0.15, 0.2) is 11.5 Å². The van der Waals surface area contributed by atoms with Crippen LogP contribution in [0, 0.1) is 5.92 Å². The number of nitrogens with one attached hydrogen (secondary N) is 2. The molecule has 0 radical (unpaired) electrons. The zero-order chi connectivity index (χ0) is 18.5. The molecule has 0 fully saturated rings. The zero-order valence-corrected chi connectivity index (χ0v) is 15.9. The lowest BCUT2D eigenvalue weighted by Gasteiger charge is -2.18. The molecule has 0 aliphatic carbocycles. The molecule has 3 rings (SSSR count). The molecule has 26 heavy (non-hydrogen) atoms. The molecule has 1 unspecified atom stereocenters. The van der Waals surface area contributed by atoms with Crippen LogP contribution in [0.1, 0.15) is 37.9 Å². The van der Waals surface area contributed by atoms with Gasteiger partial charge in [-0.25, -0.2) is 0 Å². The fourth-order valence-electron chi connectivity index (χ4n) is 2.81. The van der Waals surface area contributed by atoms with Crippen LogP contribution in [0.3, 0.4) is 0 Å². The van der Waals surface area contributed by atoms with Crippen molar-refractivity contribution in [2.24, 2.45) is 5.92 Å². The first-order chi connectivity index (χ1) is 12.6. The van der Waals surface area contributed by atoms with Crippen LogP contribution >= 0.6 is 0 Å². The quantitative estimate of drug-likeness (QED) is 0.628. The van der Waals surface area contributed by atoms with Gasteiger partial charge in [0.05, 0.1) is 25.4 Å². The predicted octanol–water partition coefficient (Wildman–Crippen LogP) is 4.46. The van der Waals surface area contributed by atoms with Crippen LogP contribution < -0.4 is 14.8 Å². The van der Waals surface area contributed by atoms with E-state index in [-0.39, 0.29) is 6.04 Å². The van der Waals surface area contributed by atoms with E-state index in [1.165, 1.54) is 11.1 Å². The molecule has 2 N–H and O–H groups in total. The highest BCUT2D eigenvalue weighted by atomic mass is 16.5. The number of benzene rings is 2. The lowest BCUT2D eigenvalue weighted by Crippen LogP contribution is -2.18. The molecular weight excluding hydrogens is 326 g/mol. The molecule has 0 saturated heterocycles. The molecule has 1 aromatic heterocycles. The van der Waals surface area contributed by atoms with Crippen molar-refractivity contribution < 1.29 is 9.47 Å². The smallest absolute Gasteiger partial charge is 0.161 e. The Bertz CT molecular complexity index is 857. The zero-order valence-electron chi connectivity index (χ0n) is 15.9. The van der Waals surface area contributed by atoms with E-state index in [0.29, 0.717) is 12.5 Å². The first kappa shape index (κ1) is 18.3. The van der Waals surface area contributed by atoms with Crippen LogP contribution in [-0.2, 0) is 6.54 Å².